The van der Waals surface area contributed by atoms with Crippen LogP contribution < -0.4 is 5.32 Å². The summed E-state index contributed by atoms with van der Waals surface area (Å²) in [6.07, 6.45) is 0. The second-order valence-corrected chi connectivity index (χ2v) is 6.77. The van der Waals surface area contributed by atoms with Gasteiger partial charge in [0.15, 0.2) is 0 Å². The fourth-order valence-corrected chi connectivity index (χ4v) is 2.89. The zero-order valence-electron chi connectivity index (χ0n) is 14.0. The molecule has 0 bridgehead atoms. The van der Waals surface area contributed by atoms with Gasteiger partial charge < -0.3 is 10.1 Å². The largest absolute Gasteiger partial charge is 0.462 e. The van der Waals surface area contributed by atoms with Crippen molar-refractivity contribution >= 4 is 29.3 Å². The first-order valence-electron chi connectivity index (χ1n) is 7.81. The summed E-state index contributed by atoms with van der Waals surface area (Å²) in [5.74, 6) is -0.442. The predicted molar refractivity (Wildman–Crippen MR) is 97.5 cm³/mol. The molecule has 0 spiro atoms. The molecule has 2 rings (SSSR count). The normalized spacial score (nSPS) is 11.6. The van der Waals surface area contributed by atoms with Crippen LogP contribution in [0, 0.1) is 6.92 Å². The van der Waals surface area contributed by atoms with Gasteiger partial charge in [-0.3, -0.25) is 4.79 Å². The van der Waals surface area contributed by atoms with Crippen LogP contribution in [0.1, 0.15) is 29.8 Å². The average Bonchev–Trinajstić information content (AvgIpc) is 2.57. The van der Waals surface area contributed by atoms with Gasteiger partial charge in [-0.2, -0.15) is 0 Å². The van der Waals surface area contributed by atoms with E-state index in [-0.39, 0.29) is 17.1 Å². The van der Waals surface area contributed by atoms with Crippen LogP contribution in [0.5, 0.6) is 0 Å². The summed E-state index contributed by atoms with van der Waals surface area (Å²) in [6, 6.07) is 14.8. The maximum Gasteiger partial charge on any atom is 0.338 e. The Morgan fingerprint density at radius 3 is 2.29 bits per heavy atom. The predicted octanol–water partition coefficient (Wildman–Crippen LogP) is 4.29. The standard InChI is InChI=1S/C19H21NO3S/c1-4-23-19(22)15-7-9-16(10-8-15)20-18(21)14(3)24-17-11-5-13(2)6-12-17/h5-12,14H,4H2,1-3H3,(H,20,21). The lowest BCUT2D eigenvalue weighted by Gasteiger charge is -2.12. The van der Waals surface area contributed by atoms with E-state index < -0.39 is 0 Å². The van der Waals surface area contributed by atoms with Crippen LogP contribution in [-0.2, 0) is 9.53 Å². The minimum Gasteiger partial charge on any atom is -0.462 e. The van der Waals surface area contributed by atoms with E-state index in [2.05, 4.69) is 5.32 Å². The van der Waals surface area contributed by atoms with E-state index in [4.69, 9.17) is 4.74 Å². The van der Waals surface area contributed by atoms with E-state index in [0.717, 1.165) is 4.90 Å². The van der Waals surface area contributed by atoms with Crippen molar-refractivity contribution in [2.45, 2.75) is 30.9 Å². The molecular formula is C19H21NO3S. The number of carbonyl (C=O) groups excluding carboxylic acids is 2. The second kappa shape index (κ2) is 8.55. The first-order chi connectivity index (χ1) is 11.5. The Bertz CT molecular complexity index is 696. The van der Waals surface area contributed by atoms with Gasteiger partial charge in [-0.15, -0.1) is 11.8 Å². The van der Waals surface area contributed by atoms with Gasteiger partial charge in [0.2, 0.25) is 5.91 Å². The minimum atomic E-state index is -0.362. The van der Waals surface area contributed by atoms with Gasteiger partial charge in [0.25, 0.3) is 0 Å². The van der Waals surface area contributed by atoms with Crippen LogP contribution >= 0.6 is 11.8 Å². The molecule has 2 aromatic rings. The van der Waals surface area contributed by atoms with E-state index in [1.165, 1.54) is 17.3 Å². The summed E-state index contributed by atoms with van der Waals surface area (Å²) in [7, 11) is 0. The number of hydrogen-bond acceptors (Lipinski definition) is 4. The van der Waals surface area contributed by atoms with Crippen LogP contribution in [0.4, 0.5) is 5.69 Å². The van der Waals surface area contributed by atoms with Crippen LogP contribution in [0.15, 0.2) is 53.4 Å². The SMILES string of the molecule is CCOC(=O)c1ccc(NC(=O)C(C)Sc2ccc(C)cc2)cc1. The maximum atomic E-state index is 12.3. The number of thioether (sulfide) groups is 1. The molecule has 0 aromatic heterocycles. The molecule has 0 saturated carbocycles. The van der Waals surface area contributed by atoms with Crippen molar-refractivity contribution in [1.82, 2.24) is 0 Å². The molecule has 0 aliphatic carbocycles. The van der Waals surface area contributed by atoms with Crippen molar-refractivity contribution < 1.29 is 14.3 Å². The van der Waals surface area contributed by atoms with Gasteiger partial charge in [-0.1, -0.05) is 17.7 Å². The van der Waals surface area contributed by atoms with Gasteiger partial charge >= 0.3 is 5.97 Å². The molecular weight excluding hydrogens is 322 g/mol. The number of aryl methyl sites for hydroxylation is 1. The van der Waals surface area contributed by atoms with Crippen LogP contribution in [0.3, 0.4) is 0 Å². The third-order valence-electron chi connectivity index (χ3n) is 3.37. The van der Waals surface area contributed by atoms with Crippen molar-refractivity contribution in [2.75, 3.05) is 11.9 Å². The minimum absolute atomic E-state index is 0.0792. The summed E-state index contributed by atoms with van der Waals surface area (Å²) < 4.78 is 4.93. The highest BCUT2D eigenvalue weighted by Gasteiger charge is 2.15. The molecule has 1 atom stereocenters. The first kappa shape index (κ1) is 18.1. The molecule has 24 heavy (non-hydrogen) atoms. The topological polar surface area (TPSA) is 55.4 Å². The number of nitrogens with one attached hydrogen (secondary N) is 1. The van der Waals surface area contributed by atoms with E-state index in [1.54, 1.807) is 31.2 Å². The molecule has 1 unspecified atom stereocenters. The lowest BCUT2D eigenvalue weighted by molar-refractivity contribution is -0.115. The number of benzene rings is 2. The van der Waals surface area contributed by atoms with Crippen molar-refractivity contribution in [3.63, 3.8) is 0 Å². The Labute approximate surface area is 146 Å². The van der Waals surface area contributed by atoms with Crippen molar-refractivity contribution in [3.05, 3.63) is 59.7 Å². The van der Waals surface area contributed by atoms with Gasteiger partial charge in [0.05, 0.1) is 17.4 Å². The summed E-state index contributed by atoms with van der Waals surface area (Å²) in [5, 5.41) is 2.63. The van der Waals surface area contributed by atoms with Gasteiger partial charge in [-0.05, 0) is 57.2 Å². The average molecular weight is 343 g/mol. The smallest absolute Gasteiger partial charge is 0.338 e. The highest BCUT2D eigenvalue weighted by Crippen LogP contribution is 2.24. The summed E-state index contributed by atoms with van der Waals surface area (Å²) >= 11 is 1.51. The van der Waals surface area contributed by atoms with Gasteiger partial charge in [0, 0.05) is 10.6 Å². The lowest BCUT2D eigenvalue weighted by atomic mass is 10.2. The number of ether oxygens (including phenoxy) is 1. The van der Waals surface area contributed by atoms with E-state index in [0.29, 0.717) is 17.9 Å². The summed E-state index contributed by atoms with van der Waals surface area (Å²) in [5.41, 5.74) is 2.32. The fourth-order valence-electron chi connectivity index (χ4n) is 2.02. The van der Waals surface area contributed by atoms with Crippen LogP contribution in [0.25, 0.3) is 0 Å². The molecule has 1 N–H and O–H groups in total. The third-order valence-corrected chi connectivity index (χ3v) is 4.48. The Balaban J connectivity index is 1.93. The Morgan fingerprint density at radius 2 is 1.71 bits per heavy atom. The van der Waals surface area contributed by atoms with Crippen molar-refractivity contribution in [3.8, 4) is 0 Å². The van der Waals surface area contributed by atoms with Gasteiger partial charge in [-0.25, -0.2) is 4.79 Å². The Kier molecular flexibility index (Phi) is 6.44. The zero-order chi connectivity index (χ0) is 17.5. The van der Waals surface area contributed by atoms with Crippen molar-refractivity contribution in [2.24, 2.45) is 0 Å². The van der Waals surface area contributed by atoms with Crippen molar-refractivity contribution in [1.29, 1.82) is 0 Å². The van der Waals surface area contributed by atoms with E-state index in [9.17, 15) is 9.59 Å². The van der Waals surface area contributed by atoms with E-state index >= 15 is 0 Å². The number of amides is 1. The number of rotatable bonds is 6. The number of hydrogen-bond donors (Lipinski definition) is 1. The lowest BCUT2D eigenvalue weighted by Crippen LogP contribution is -2.22. The number of carbonyl (C=O) groups is 2. The maximum absolute atomic E-state index is 12.3. The molecule has 1 amide bonds. The summed E-state index contributed by atoms with van der Waals surface area (Å²) in [6.45, 7) is 6.00. The third kappa shape index (κ3) is 5.13. The molecule has 0 heterocycles. The molecule has 0 saturated heterocycles. The molecule has 0 aliphatic rings. The molecule has 0 fully saturated rings. The van der Waals surface area contributed by atoms with E-state index in [1.807, 2.05) is 38.1 Å². The second-order valence-electron chi connectivity index (χ2n) is 5.36. The number of esters is 1. The highest BCUT2D eigenvalue weighted by atomic mass is 32.2. The molecule has 0 aliphatic heterocycles. The highest BCUT2D eigenvalue weighted by molar-refractivity contribution is 8.00. The molecule has 4 nitrogen and oxygen atoms in total. The molecule has 2 aromatic carbocycles. The fraction of sp³-hybridized carbons (Fsp3) is 0.263. The number of anilines is 1. The Morgan fingerprint density at radius 1 is 1.08 bits per heavy atom. The molecule has 5 heteroatoms. The van der Waals surface area contributed by atoms with Crippen LogP contribution in [0.2, 0.25) is 0 Å². The monoisotopic (exact) mass is 343 g/mol. The molecule has 126 valence electrons. The zero-order valence-corrected chi connectivity index (χ0v) is 14.9. The quantitative estimate of drug-likeness (QED) is 0.628. The van der Waals surface area contributed by atoms with Crippen LogP contribution in [-0.4, -0.2) is 23.7 Å². The molecule has 0 radical (unpaired) electrons. The summed E-state index contributed by atoms with van der Waals surface area (Å²) in [4.78, 5) is 24.9. The Hall–Kier alpha value is -2.27. The first-order valence-corrected chi connectivity index (χ1v) is 8.69. The van der Waals surface area contributed by atoms with Gasteiger partial charge in [0.1, 0.15) is 0 Å².